The van der Waals surface area contributed by atoms with Crippen LogP contribution in [0.15, 0.2) is 46.0 Å². The molecular formula is C20H22BrN3O2S. The number of fused-ring (bicyclic) bond motifs is 1. The van der Waals surface area contributed by atoms with Crippen molar-refractivity contribution in [1.82, 2.24) is 9.88 Å². The van der Waals surface area contributed by atoms with Crippen LogP contribution in [0.4, 0.5) is 0 Å². The number of rotatable bonds is 5. The molecule has 3 atom stereocenters. The number of thioether (sulfide) groups is 1. The summed E-state index contributed by atoms with van der Waals surface area (Å²) in [5, 5.41) is 11.3. The number of hydrogen-bond acceptors (Lipinski definition) is 6. The van der Waals surface area contributed by atoms with Crippen LogP contribution in [0.25, 0.3) is 0 Å². The highest BCUT2D eigenvalue weighted by Crippen LogP contribution is 2.51. The van der Waals surface area contributed by atoms with Gasteiger partial charge in [-0.15, -0.1) is 0 Å². The van der Waals surface area contributed by atoms with Gasteiger partial charge in [0.2, 0.25) is 0 Å². The quantitative estimate of drug-likeness (QED) is 0.703. The average Bonchev–Trinajstić information content (AvgIpc) is 3.24. The van der Waals surface area contributed by atoms with E-state index in [4.69, 9.17) is 9.73 Å². The summed E-state index contributed by atoms with van der Waals surface area (Å²) in [6, 6.07) is 9.99. The number of amidine groups is 1. The van der Waals surface area contributed by atoms with Crippen LogP contribution in [0, 0.1) is 0 Å². The number of hydrogen-bond donors (Lipinski definition) is 1. The van der Waals surface area contributed by atoms with E-state index in [1.165, 1.54) is 0 Å². The molecule has 0 spiro atoms. The van der Waals surface area contributed by atoms with Crippen LogP contribution in [-0.4, -0.2) is 38.6 Å². The first-order chi connectivity index (χ1) is 13.1. The second-order valence-corrected chi connectivity index (χ2v) is 8.45. The van der Waals surface area contributed by atoms with E-state index >= 15 is 0 Å². The molecule has 3 heterocycles. The summed E-state index contributed by atoms with van der Waals surface area (Å²) in [6.07, 6.45) is 2.88. The normalized spacial score (nSPS) is 24.0. The van der Waals surface area contributed by atoms with Gasteiger partial charge in [0.25, 0.3) is 0 Å². The maximum absolute atomic E-state index is 10.2. The van der Waals surface area contributed by atoms with Gasteiger partial charge in [-0.1, -0.05) is 40.7 Å². The Morgan fingerprint density at radius 1 is 1.33 bits per heavy atom. The van der Waals surface area contributed by atoms with Crippen LogP contribution in [0.2, 0.25) is 0 Å². The first-order valence-electron chi connectivity index (χ1n) is 9.19. The minimum absolute atomic E-state index is 0.0176. The van der Waals surface area contributed by atoms with Crippen molar-refractivity contribution < 1.29 is 9.84 Å². The van der Waals surface area contributed by atoms with Gasteiger partial charge in [0.05, 0.1) is 18.3 Å². The maximum Gasteiger partial charge on any atom is 0.161 e. The summed E-state index contributed by atoms with van der Waals surface area (Å²) >= 11 is 5.48. The van der Waals surface area contributed by atoms with Crippen molar-refractivity contribution in [2.24, 2.45) is 4.99 Å². The Morgan fingerprint density at radius 3 is 2.89 bits per heavy atom. The number of nitrogens with zero attached hydrogens (tertiary/aromatic N) is 3. The molecule has 2 aliphatic heterocycles. The summed E-state index contributed by atoms with van der Waals surface area (Å²) < 4.78 is 6.51. The van der Waals surface area contributed by atoms with Gasteiger partial charge in [-0.3, -0.25) is 9.98 Å². The lowest BCUT2D eigenvalue weighted by molar-refractivity contribution is 0.252. The fourth-order valence-corrected chi connectivity index (χ4v) is 5.65. The van der Waals surface area contributed by atoms with Gasteiger partial charge in [-0.25, -0.2) is 0 Å². The highest BCUT2D eigenvalue weighted by atomic mass is 79.9. The van der Waals surface area contributed by atoms with E-state index in [2.05, 4.69) is 32.7 Å². The van der Waals surface area contributed by atoms with Gasteiger partial charge in [-0.05, 0) is 43.2 Å². The molecule has 1 saturated heterocycles. The van der Waals surface area contributed by atoms with Gasteiger partial charge in [-0.2, -0.15) is 0 Å². The van der Waals surface area contributed by atoms with Crippen molar-refractivity contribution in [3.63, 3.8) is 0 Å². The van der Waals surface area contributed by atoms with E-state index in [1.807, 2.05) is 49.1 Å². The number of phenols is 1. The molecule has 1 N–H and O–H groups in total. The lowest BCUT2D eigenvalue weighted by atomic mass is 9.95. The summed E-state index contributed by atoms with van der Waals surface area (Å²) in [5.41, 5.74) is 2.02. The molecular weight excluding hydrogens is 426 g/mol. The molecule has 5 nitrogen and oxygen atoms in total. The maximum atomic E-state index is 10.2. The molecule has 1 aromatic carbocycles. The molecule has 0 radical (unpaired) electrons. The minimum Gasteiger partial charge on any atom is -0.504 e. The highest BCUT2D eigenvalue weighted by molar-refractivity contribution is 9.10. The van der Waals surface area contributed by atoms with E-state index in [-0.39, 0.29) is 17.8 Å². The second-order valence-electron chi connectivity index (χ2n) is 6.61. The third kappa shape index (κ3) is 3.31. The van der Waals surface area contributed by atoms with Crippen molar-refractivity contribution in [2.45, 2.75) is 38.4 Å². The van der Waals surface area contributed by atoms with Crippen molar-refractivity contribution in [2.75, 3.05) is 12.4 Å². The molecule has 0 bridgehead atoms. The van der Waals surface area contributed by atoms with E-state index in [0.717, 1.165) is 33.1 Å². The summed E-state index contributed by atoms with van der Waals surface area (Å²) in [7, 11) is 0. The molecule has 7 heteroatoms. The number of aliphatic imine (C=N–C) groups is 1. The average molecular weight is 448 g/mol. The van der Waals surface area contributed by atoms with E-state index < -0.39 is 0 Å². The topological polar surface area (TPSA) is 58.0 Å². The van der Waals surface area contributed by atoms with Crippen LogP contribution >= 0.6 is 27.7 Å². The van der Waals surface area contributed by atoms with Crippen LogP contribution in [-0.2, 0) is 0 Å². The van der Waals surface area contributed by atoms with Crippen LogP contribution in [0.1, 0.15) is 43.6 Å². The Hall–Kier alpha value is -1.73. The monoisotopic (exact) mass is 447 g/mol. The fourth-order valence-electron chi connectivity index (χ4n) is 3.74. The number of aromatic nitrogens is 1. The molecule has 142 valence electrons. The number of ether oxygens (including phenoxy) is 1. The lowest BCUT2D eigenvalue weighted by Crippen LogP contribution is -2.35. The largest absolute Gasteiger partial charge is 0.504 e. The minimum atomic E-state index is -0.0848. The zero-order chi connectivity index (χ0) is 19.0. The van der Waals surface area contributed by atoms with Crippen molar-refractivity contribution >= 4 is 32.9 Å². The SMILES string of the molecule is CCOc1cc([C@H]2[C@@H](c3ccccn3)N=C3SC[C@@H](CC)N32)c(Br)cc1O. The van der Waals surface area contributed by atoms with Crippen LogP contribution < -0.4 is 4.74 Å². The first kappa shape index (κ1) is 18.6. The Bertz CT molecular complexity index is 862. The summed E-state index contributed by atoms with van der Waals surface area (Å²) in [6.45, 7) is 4.64. The van der Waals surface area contributed by atoms with E-state index in [9.17, 15) is 5.11 Å². The van der Waals surface area contributed by atoms with Gasteiger partial charge in [0.1, 0.15) is 6.04 Å². The van der Waals surface area contributed by atoms with Crippen LogP contribution in [0.3, 0.4) is 0 Å². The first-order valence-corrected chi connectivity index (χ1v) is 11.0. The van der Waals surface area contributed by atoms with Crippen molar-refractivity contribution in [1.29, 1.82) is 0 Å². The molecule has 1 aromatic heterocycles. The Balaban J connectivity index is 1.83. The predicted octanol–water partition coefficient (Wildman–Crippen LogP) is 4.93. The third-order valence-electron chi connectivity index (χ3n) is 5.03. The molecule has 4 rings (SSSR count). The number of phenolic OH excluding ortho intramolecular Hbond substituents is 1. The number of benzene rings is 1. The van der Waals surface area contributed by atoms with Gasteiger partial charge in [0.15, 0.2) is 16.7 Å². The lowest BCUT2D eigenvalue weighted by Gasteiger charge is -2.32. The molecule has 2 aromatic rings. The zero-order valence-corrected chi connectivity index (χ0v) is 17.7. The molecule has 27 heavy (non-hydrogen) atoms. The predicted molar refractivity (Wildman–Crippen MR) is 113 cm³/mol. The third-order valence-corrected chi connectivity index (χ3v) is 6.84. The fraction of sp³-hybridized carbons (Fsp3) is 0.400. The molecule has 1 fully saturated rings. The Morgan fingerprint density at radius 2 is 2.19 bits per heavy atom. The summed E-state index contributed by atoms with van der Waals surface area (Å²) in [5.74, 6) is 1.70. The highest BCUT2D eigenvalue weighted by Gasteiger charge is 2.46. The van der Waals surface area contributed by atoms with Gasteiger partial charge >= 0.3 is 0 Å². The Labute approximate surface area is 172 Å². The molecule has 0 unspecified atom stereocenters. The van der Waals surface area contributed by atoms with Gasteiger partial charge < -0.3 is 14.7 Å². The molecule has 2 aliphatic rings. The number of pyridine rings is 1. The molecule has 0 saturated carbocycles. The number of aromatic hydroxyl groups is 1. The van der Waals surface area contributed by atoms with Crippen molar-refractivity contribution in [3.05, 3.63) is 52.3 Å². The smallest absolute Gasteiger partial charge is 0.161 e. The van der Waals surface area contributed by atoms with Crippen LogP contribution in [0.5, 0.6) is 11.5 Å². The second kappa shape index (κ2) is 7.72. The summed E-state index contributed by atoms with van der Waals surface area (Å²) in [4.78, 5) is 12.0. The van der Waals surface area contributed by atoms with Gasteiger partial charge in [0, 0.05) is 22.5 Å². The number of halogens is 1. The van der Waals surface area contributed by atoms with E-state index in [0.29, 0.717) is 18.4 Å². The Kier molecular flexibility index (Phi) is 5.32. The molecule has 0 aliphatic carbocycles. The zero-order valence-electron chi connectivity index (χ0n) is 15.3. The standard InChI is InChI=1S/C20H22BrN3O2S/c1-3-12-11-27-20-23-18(15-7-5-6-8-22-15)19(24(12)20)13-9-17(26-4-2)16(25)10-14(13)21/h5-10,12,18-19,25H,3-4,11H2,1-2H3/t12-,18-,19+/m1/s1. The van der Waals surface area contributed by atoms with E-state index in [1.54, 1.807) is 6.07 Å². The molecule has 0 amide bonds. The van der Waals surface area contributed by atoms with Crippen molar-refractivity contribution in [3.8, 4) is 11.5 Å².